The van der Waals surface area contributed by atoms with Crippen molar-refractivity contribution in [1.82, 2.24) is 0 Å². The summed E-state index contributed by atoms with van der Waals surface area (Å²) < 4.78 is 0. The predicted octanol–water partition coefficient (Wildman–Crippen LogP) is 1.64. The molecule has 2 nitrogen and oxygen atoms in total. The van der Waals surface area contributed by atoms with Gasteiger partial charge in [0.15, 0.2) is 0 Å². The molecule has 1 aromatic rings. The van der Waals surface area contributed by atoms with Gasteiger partial charge in [-0.2, -0.15) is 0 Å². The summed E-state index contributed by atoms with van der Waals surface area (Å²) >= 11 is 0. The van der Waals surface area contributed by atoms with E-state index in [0.717, 1.165) is 25.7 Å². The molecule has 1 fully saturated rings. The Balaban J connectivity index is 1.97. The second kappa shape index (κ2) is 3.95. The molecule has 0 aliphatic heterocycles. The van der Waals surface area contributed by atoms with Crippen molar-refractivity contribution in [2.24, 2.45) is 5.73 Å². The fourth-order valence-corrected chi connectivity index (χ4v) is 1.87. The summed E-state index contributed by atoms with van der Waals surface area (Å²) in [6, 6.07) is 8.65. The van der Waals surface area contributed by atoms with Gasteiger partial charge in [0.05, 0.1) is 5.60 Å². The minimum absolute atomic E-state index is 0.212. The van der Waals surface area contributed by atoms with Crippen LogP contribution in [0, 0.1) is 0 Å². The van der Waals surface area contributed by atoms with Crippen molar-refractivity contribution < 1.29 is 5.11 Å². The molecule has 2 rings (SSSR count). The minimum Gasteiger partial charge on any atom is -0.390 e. The largest absolute Gasteiger partial charge is 0.390 e. The van der Waals surface area contributed by atoms with Gasteiger partial charge in [0.25, 0.3) is 0 Å². The highest BCUT2D eigenvalue weighted by atomic mass is 16.3. The zero-order valence-electron chi connectivity index (χ0n) is 9.24. The molecule has 0 amide bonds. The van der Waals surface area contributed by atoms with Crippen LogP contribution in [0.4, 0.5) is 0 Å². The summed E-state index contributed by atoms with van der Waals surface area (Å²) in [5.41, 5.74) is 7.85. The van der Waals surface area contributed by atoms with Gasteiger partial charge in [0, 0.05) is 12.5 Å². The molecule has 1 saturated carbocycles. The van der Waals surface area contributed by atoms with Gasteiger partial charge in [0.2, 0.25) is 0 Å². The van der Waals surface area contributed by atoms with Crippen LogP contribution >= 0.6 is 0 Å². The molecule has 0 bridgehead atoms. The van der Waals surface area contributed by atoms with Crippen LogP contribution in [0.25, 0.3) is 0 Å². The number of benzene rings is 1. The van der Waals surface area contributed by atoms with Gasteiger partial charge < -0.3 is 10.8 Å². The zero-order chi connectivity index (χ0) is 10.9. The van der Waals surface area contributed by atoms with Crippen molar-refractivity contribution >= 4 is 0 Å². The van der Waals surface area contributed by atoms with Crippen LogP contribution in [-0.4, -0.2) is 16.7 Å². The fourth-order valence-electron chi connectivity index (χ4n) is 1.87. The van der Waals surface area contributed by atoms with Crippen LogP contribution in [-0.2, 0) is 12.8 Å². The Morgan fingerprint density at radius 1 is 1.27 bits per heavy atom. The summed E-state index contributed by atoms with van der Waals surface area (Å²) in [5, 5.41) is 9.78. The lowest BCUT2D eigenvalue weighted by Gasteiger charge is -2.09. The number of hydrogen-bond acceptors (Lipinski definition) is 2. The first kappa shape index (κ1) is 10.7. The fraction of sp³-hybridized carbons (Fsp3) is 0.538. The van der Waals surface area contributed by atoms with Gasteiger partial charge in [-0.25, -0.2) is 0 Å². The average Bonchev–Trinajstić information content (AvgIpc) is 2.86. The smallest absolute Gasteiger partial charge is 0.0690 e. The summed E-state index contributed by atoms with van der Waals surface area (Å²) in [4.78, 5) is 0. The molecule has 3 N–H and O–H groups in total. The lowest BCUT2D eigenvalue weighted by Crippen LogP contribution is -2.17. The van der Waals surface area contributed by atoms with Gasteiger partial charge in [-0.1, -0.05) is 24.3 Å². The first-order chi connectivity index (χ1) is 7.07. The molecule has 1 atom stereocenters. The summed E-state index contributed by atoms with van der Waals surface area (Å²) in [6.07, 6.45) is 3.62. The molecule has 0 heterocycles. The third-order valence-corrected chi connectivity index (χ3v) is 2.94. The zero-order valence-corrected chi connectivity index (χ0v) is 9.24. The van der Waals surface area contributed by atoms with Crippen molar-refractivity contribution in [3.8, 4) is 0 Å². The van der Waals surface area contributed by atoms with Gasteiger partial charge >= 0.3 is 0 Å². The number of aliphatic hydroxyl groups is 1. The molecule has 82 valence electrons. The van der Waals surface area contributed by atoms with E-state index in [-0.39, 0.29) is 11.6 Å². The Labute approximate surface area is 91.1 Å². The Kier molecular flexibility index (Phi) is 2.81. The summed E-state index contributed by atoms with van der Waals surface area (Å²) in [7, 11) is 0. The van der Waals surface area contributed by atoms with E-state index in [1.165, 1.54) is 11.1 Å². The van der Waals surface area contributed by atoms with Gasteiger partial charge in [-0.05, 0) is 37.3 Å². The predicted molar refractivity (Wildman–Crippen MR) is 61.7 cm³/mol. The first-order valence-electron chi connectivity index (χ1n) is 5.63. The SMILES string of the molecule is CC(N)Cc1ccc(CC2(O)CC2)cc1. The standard InChI is InChI=1S/C13H19NO/c1-10(14)8-11-2-4-12(5-3-11)9-13(15)6-7-13/h2-5,10,15H,6-9,14H2,1H3. The van der Waals surface area contributed by atoms with Crippen LogP contribution in [0.5, 0.6) is 0 Å². The first-order valence-corrected chi connectivity index (χ1v) is 5.63. The average molecular weight is 205 g/mol. The van der Waals surface area contributed by atoms with E-state index in [2.05, 4.69) is 24.3 Å². The van der Waals surface area contributed by atoms with Crippen LogP contribution < -0.4 is 5.73 Å². The van der Waals surface area contributed by atoms with E-state index in [0.29, 0.717) is 0 Å². The van der Waals surface area contributed by atoms with Crippen LogP contribution in [0.2, 0.25) is 0 Å². The summed E-state index contributed by atoms with van der Waals surface area (Å²) in [6.45, 7) is 2.01. The van der Waals surface area contributed by atoms with Gasteiger partial charge in [-0.15, -0.1) is 0 Å². The van der Waals surface area contributed by atoms with E-state index < -0.39 is 0 Å². The molecule has 0 saturated heterocycles. The minimum atomic E-state index is -0.386. The van der Waals surface area contributed by atoms with Gasteiger partial charge in [0.1, 0.15) is 0 Å². The molecule has 1 aliphatic rings. The number of nitrogens with two attached hydrogens (primary N) is 1. The van der Waals surface area contributed by atoms with E-state index in [4.69, 9.17) is 5.73 Å². The molecule has 0 aromatic heterocycles. The van der Waals surface area contributed by atoms with Gasteiger partial charge in [-0.3, -0.25) is 0 Å². The van der Waals surface area contributed by atoms with E-state index in [9.17, 15) is 5.11 Å². The molecule has 1 aromatic carbocycles. The normalized spacial score (nSPS) is 19.9. The highest BCUT2D eigenvalue weighted by Gasteiger charge is 2.39. The lowest BCUT2D eigenvalue weighted by atomic mass is 10.0. The van der Waals surface area contributed by atoms with E-state index >= 15 is 0 Å². The second-order valence-corrected chi connectivity index (χ2v) is 4.90. The highest BCUT2D eigenvalue weighted by molar-refractivity contribution is 5.25. The van der Waals surface area contributed by atoms with Crippen molar-refractivity contribution in [2.75, 3.05) is 0 Å². The quantitative estimate of drug-likeness (QED) is 0.785. The molecule has 15 heavy (non-hydrogen) atoms. The third kappa shape index (κ3) is 3.05. The monoisotopic (exact) mass is 205 g/mol. The Bertz CT molecular complexity index is 325. The van der Waals surface area contributed by atoms with Crippen molar-refractivity contribution in [3.05, 3.63) is 35.4 Å². The Morgan fingerprint density at radius 3 is 2.27 bits per heavy atom. The van der Waals surface area contributed by atoms with Crippen LogP contribution in [0.1, 0.15) is 30.9 Å². The maximum absolute atomic E-state index is 9.78. The van der Waals surface area contributed by atoms with E-state index in [1.807, 2.05) is 6.92 Å². The maximum Gasteiger partial charge on any atom is 0.0690 e. The van der Waals surface area contributed by atoms with Crippen LogP contribution in [0.15, 0.2) is 24.3 Å². The molecule has 2 heteroatoms. The lowest BCUT2D eigenvalue weighted by molar-refractivity contribution is 0.151. The van der Waals surface area contributed by atoms with Crippen LogP contribution in [0.3, 0.4) is 0 Å². The number of rotatable bonds is 4. The van der Waals surface area contributed by atoms with Crippen molar-refractivity contribution in [1.29, 1.82) is 0 Å². The van der Waals surface area contributed by atoms with Crippen molar-refractivity contribution in [3.63, 3.8) is 0 Å². The molecule has 1 unspecified atom stereocenters. The molecular formula is C13H19NO. The third-order valence-electron chi connectivity index (χ3n) is 2.94. The summed E-state index contributed by atoms with van der Waals surface area (Å²) in [5.74, 6) is 0. The number of hydrogen-bond donors (Lipinski definition) is 2. The highest BCUT2D eigenvalue weighted by Crippen LogP contribution is 2.38. The molecular weight excluding hydrogens is 186 g/mol. The topological polar surface area (TPSA) is 46.2 Å². The van der Waals surface area contributed by atoms with E-state index in [1.54, 1.807) is 0 Å². The molecule has 1 aliphatic carbocycles. The molecule has 0 radical (unpaired) electrons. The molecule has 0 spiro atoms. The second-order valence-electron chi connectivity index (χ2n) is 4.90. The Hall–Kier alpha value is -0.860. The van der Waals surface area contributed by atoms with Crippen molar-refractivity contribution in [2.45, 2.75) is 44.2 Å². The maximum atomic E-state index is 9.78. The Morgan fingerprint density at radius 2 is 1.80 bits per heavy atom.